The Morgan fingerprint density at radius 2 is 1.71 bits per heavy atom. The van der Waals surface area contributed by atoms with Crippen LogP contribution >= 0.6 is 0 Å². The van der Waals surface area contributed by atoms with E-state index in [-0.39, 0.29) is 5.91 Å². The molecule has 3 rings (SSSR count). The van der Waals surface area contributed by atoms with Crippen molar-refractivity contribution in [3.8, 4) is 5.75 Å². The molecule has 0 aliphatic heterocycles. The van der Waals surface area contributed by atoms with Gasteiger partial charge in [-0.3, -0.25) is 4.79 Å². The molecular formula is C20H22N6O2. The van der Waals surface area contributed by atoms with E-state index >= 15 is 0 Å². The van der Waals surface area contributed by atoms with E-state index in [0.29, 0.717) is 37.0 Å². The maximum Gasteiger partial charge on any atom is 0.224 e. The molecule has 0 spiro atoms. The molecule has 0 aliphatic carbocycles. The van der Waals surface area contributed by atoms with E-state index < -0.39 is 0 Å². The van der Waals surface area contributed by atoms with Crippen molar-refractivity contribution in [2.24, 2.45) is 0 Å². The highest BCUT2D eigenvalue weighted by molar-refractivity contribution is 5.78. The first-order valence-electron chi connectivity index (χ1n) is 8.88. The molecule has 2 heterocycles. The smallest absolute Gasteiger partial charge is 0.224 e. The summed E-state index contributed by atoms with van der Waals surface area (Å²) in [6, 6.07) is 16.7. The van der Waals surface area contributed by atoms with Crippen LogP contribution in [0.4, 0.5) is 17.5 Å². The van der Waals surface area contributed by atoms with Crippen molar-refractivity contribution in [2.75, 3.05) is 30.8 Å². The number of carbonyl (C=O) groups is 1. The van der Waals surface area contributed by atoms with Gasteiger partial charge in [-0.1, -0.05) is 18.2 Å². The van der Waals surface area contributed by atoms with E-state index in [4.69, 9.17) is 4.74 Å². The van der Waals surface area contributed by atoms with Gasteiger partial charge in [-0.05, 0) is 42.0 Å². The molecule has 144 valence electrons. The molecule has 0 radical (unpaired) electrons. The Morgan fingerprint density at radius 3 is 2.39 bits per heavy atom. The van der Waals surface area contributed by atoms with Gasteiger partial charge in [0.2, 0.25) is 5.91 Å². The number of rotatable bonds is 9. The Bertz CT molecular complexity index is 869. The highest BCUT2D eigenvalue weighted by Crippen LogP contribution is 2.12. The topological polar surface area (TPSA) is 101 Å². The largest absolute Gasteiger partial charge is 0.497 e. The standard InChI is InChI=1S/C20H22N6O2/c1-28-16-7-5-15(6-8-16)14-20(27)23-13-12-22-18-9-10-19(26-25-18)24-17-4-2-3-11-21-17/h2-11H,12-14H2,1H3,(H,22,25)(H,23,27)(H,21,24,26). The number of nitrogens with one attached hydrogen (secondary N) is 3. The lowest BCUT2D eigenvalue weighted by atomic mass is 10.1. The monoisotopic (exact) mass is 378 g/mol. The SMILES string of the molecule is COc1ccc(CC(=O)NCCNc2ccc(Nc3ccccn3)nn2)cc1. The van der Waals surface area contributed by atoms with Crippen LogP contribution in [0.15, 0.2) is 60.8 Å². The van der Waals surface area contributed by atoms with Crippen LogP contribution in [0.1, 0.15) is 5.56 Å². The Labute approximate surface area is 163 Å². The van der Waals surface area contributed by atoms with Gasteiger partial charge in [-0.2, -0.15) is 0 Å². The number of ether oxygens (including phenoxy) is 1. The summed E-state index contributed by atoms with van der Waals surface area (Å²) >= 11 is 0. The Kier molecular flexibility index (Phi) is 6.73. The first-order valence-corrected chi connectivity index (χ1v) is 8.88. The second kappa shape index (κ2) is 9.86. The van der Waals surface area contributed by atoms with E-state index in [2.05, 4.69) is 31.1 Å². The normalized spacial score (nSPS) is 10.2. The molecule has 0 fully saturated rings. The lowest BCUT2D eigenvalue weighted by Gasteiger charge is -2.08. The molecule has 3 N–H and O–H groups in total. The van der Waals surface area contributed by atoms with Crippen LogP contribution in [-0.4, -0.2) is 41.3 Å². The summed E-state index contributed by atoms with van der Waals surface area (Å²) in [6.45, 7) is 1.04. The van der Waals surface area contributed by atoms with Gasteiger partial charge in [-0.15, -0.1) is 10.2 Å². The average Bonchev–Trinajstić information content (AvgIpc) is 2.74. The number of benzene rings is 1. The molecular weight excluding hydrogens is 356 g/mol. The second-order valence-corrected chi connectivity index (χ2v) is 5.95. The van der Waals surface area contributed by atoms with E-state index in [9.17, 15) is 4.79 Å². The van der Waals surface area contributed by atoms with E-state index in [1.54, 1.807) is 13.3 Å². The van der Waals surface area contributed by atoms with Gasteiger partial charge in [0.15, 0.2) is 5.82 Å². The van der Waals surface area contributed by atoms with Gasteiger partial charge >= 0.3 is 0 Å². The van der Waals surface area contributed by atoms with Gasteiger partial charge in [0.25, 0.3) is 0 Å². The molecule has 0 aliphatic rings. The summed E-state index contributed by atoms with van der Waals surface area (Å²) in [7, 11) is 1.61. The Hall–Kier alpha value is -3.68. The fourth-order valence-corrected chi connectivity index (χ4v) is 2.44. The summed E-state index contributed by atoms with van der Waals surface area (Å²) in [5.74, 6) is 2.69. The third kappa shape index (κ3) is 5.94. The van der Waals surface area contributed by atoms with Crippen molar-refractivity contribution in [1.29, 1.82) is 0 Å². The molecule has 3 aromatic rings. The number of hydrogen-bond donors (Lipinski definition) is 3. The summed E-state index contributed by atoms with van der Waals surface area (Å²) in [4.78, 5) is 16.2. The quantitative estimate of drug-likeness (QED) is 0.492. The molecule has 8 nitrogen and oxygen atoms in total. The van der Waals surface area contributed by atoms with Gasteiger partial charge in [0.05, 0.1) is 13.5 Å². The molecule has 1 amide bonds. The zero-order chi connectivity index (χ0) is 19.6. The summed E-state index contributed by atoms with van der Waals surface area (Å²) in [5.41, 5.74) is 0.938. The minimum atomic E-state index is -0.0343. The lowest BCUT2D eigenvalue weighted by molar-refractivity contribution is -0.120. The predicted octanol–water partition coefficient (Wildman–Crippen LogP) is 2.39. The van der Waals surface area contributed by atoms with Crippen LogP contribution in [-0.2, 0) is 11.2 Å². The van der Waals surface area contributed by atoms with Crippen LogP contribution in [0, 0.1) is 0 Å². The first kappa shape index (κ1) is 19.1. The number of carbonyl (C=O) groups excluding carboxylic acids is 1. The van der Waals surface area contributed by atoms with Crippen LogP contribution in [0.2, 0.25) is 0 Å². The van der Waals surface area contributed by atoms with Crippen LogP contribution in [0.3, 0.4) is 0 Å². The summed E-state index contributed by atoms with van der Waals surface area (Å²) in [5, 5.41) is 17.3. The van der Waals surface area contributed by atoms with Crippen LogP contribution in [0.25, 0.3) is 0 Å². The number of nitrogens with zero attached hydrogens (tertiary/aromatic N) is 3. The van der Waals surface area contributed by atoms with E-state index in [1.807, 2.05) is 54.6 Å². The minimum absolute atomic E-state index is 0.0343. The van der Waals surface area contributed by atoms with Crippen LogP contribution < -0.4 is 20.7 Å². The molecule has 8 heteroatoms. The number of anilines is 3. The van der Waals surface area contributed by atoms with Gasteiger partial charge in [-0.25, -0.2) is 4.98 Å². The Morgan fingerprint density at radius 1 is 0.929 bits per heavy atom. The summed E-state index contributed by atoms with van der Waals surface area (Å²) in [6.07, 6.45) is 2.03. The zero-order valence-corrected chi connectivity index (χ0v) is 15.6. The maximum atomic E-state index is 12.0. The highest BCUT2D eigenvalue weighted by Gasteiger charge is 2.04. The lowest BCUT2D eigenvalue weighted by Crippen LogP contribution is -2.30. The summed E-state index contributed by atoms with van der Waals surface area (Å²) < 4.78 is 5.11. The average molecular weight is 378 g/mol. The molecule has 0 bridgehead atoms. The number of hydrogen-bond acceptors (Lipinski definition) is 7. The molecule has 0 atom stereocenters. The molecule has 0 saturated carbocycles. The van der Waals surface area contributed by atoms with Crippen molar-refractivity contribution in [2.45, 2.75) is 6.42 Å². The van der Waals surface area contributed by atoms with Crippen molar-refractivity contribution >= 4 is 23.4 Å². The van der Waals surface area contributed by atoms with E-state index in [0.717, 1.165) is 11.3 Å². The van der Waals surface area contributed by atoms with Crippen molar-refractivity contribution in [1.82, 2.24) is 20.5 Å². The molecule has 1 aromatic carbocycles. The van der Waals surface area contributed by atoms with Gasteiger partial charge in [0, 0.05) is 19.3 Å². The van der Waals surface area contributed by atoms with Crippen molar-refractivity contribution in [3.05, 3.63) is 66.4 Å². The zero-order valence-electron chi connectivity index (χ0n) is 15.6. The number of methoxy groups -OCH3 is 1. The molecule has 28 heavy (non-hydrogen) atoms. The van der Waals surface area contributed by atoms with Crippen LogP contribution in [0.5, 0.6) is 5.75 Å². The maximum absolute atomic E-state index is 12.0. The third-order valence-corrected chi connectivity index (χ3v) is 3.86. The fraction of sp³-hybridized carbons (Fsp3) is 0.200. The van der Waals surface area contributed by atoms with E-state index in [1.165, 1.54) is 0 Å². The third-order valence-electron chi connectivity index (χ3n) is 3.86. The minimum Gasteiger partial charge on any atom is -0.497 e. The number of aromatic nitrogens is 3. The Balaban J connectivity index is 1.37. The second-order valence-electron chi connectivity index (χ2n) is 5.95. The first-order chi connectivity index (χ1) is 13.7. The number of amides is 1. The van der Waals surface area contributed by atoms with Crippen molar-refractivity contribution in [3.63, 3.8) is 0 Å². The fourth-order valence-electron chi connectivity index (χ4n) is 2.44. The molecule has 0 saturated heterocycles. The van der Waals surface area contributed by atoms with Crippen molar-refractivity contribution < 1.29 is 9.53 Å². The highest BCUT2D eigenvalue weighted by atomic mass is 16.5. The molecule has 0 unspecified atom stereocenters. The van der Waals surface area contributed by atoms with Gasteiger partial charge < -0.3 is 20.7 Å². The molecule has 2 aromatic heterocycles. The van der Waals surface area contributed by atoms with Gasteiger partial charge in [0.1, 0.15) is 17.4 Å². The number of pyridine rings is 1. The predicted molar refractivity (Wildman–Crippen MR) is 108 cm³/mol.